The molecule has 0 amide bonds. The molecule has 2 atom stereocenters. The zero-order valence-electron chi connectivity index (χ0n) is 12.5. The molecular weight excluding hydrogens is 248 g/mol. The summed E-state index contributed by atoms with van der Waals surface area (Å²) in [7, 11) is 2.24. The second-order valence-corrected chi connectivity index (χ2v) is 6.24. The molecule has 4 nitrogen and oxygen atoms in total. The van der Waals surface area contributed by atoms with Crippen molar-refractivity contribution in [3.8, 4) is 6.07 Å². The molecule has 1 aromatic rings. The minimum absolute atomic E-state index is 0.697. The van der Waals surface area contributed by atoms with Crippen molar-refractivity contribution in [1.29, 1.82) is 5.26 Å². The van der Waals surface area contributed by atoms with Crippen LogP contribution in [0.1, 0.15) is 37.4 Å². The van der Waals surface area contributed by atoms with Gasteiger partial charge in [0.05, 0.1) is 0 Å². The molecule has 2 aliphatic heterocycles. The first kappa shape index (κ1) is 13.7. The van der Waals surface area contributed by atoms with Crippen molar-refractivity contribution in [3.63, 3.8) is 0 Å². The molecule has 1 aromatic heterocycles. The van der Waals surface area contributed by atoms with Crippen molar-refractivity contribution in [2.45, 2.75) is 51.4 Å². The Hall–Kier alpha value is -1.31. The zero-order chi connectivity index (χ0) is 14.1. The lowest BCUT2D eigenvalue weighted by molar-refractivity contribution is 0.184. The van der Waals surface area contributed by atoms with Crippen LogP contribution in [0.5, 0.6) is 0 Å². The van der Waals surface area contributed by atoms with E-state index in [9.17, 15) is 5.26 Å². The summed E-state index contributed by atoms with van der Waals surface area (Å²) in [6.07, 6.45) is 6.12. The summed E-state index contributed by atoms with van der Waals surface area (Å²) in [6, 6.07) is 5.80. The van der Waals surface area contributed by atoms with Crippen LogP contribution in [0.2, 0.25) is 0 Å². The molecule has 4 heteroatoms. The van der Waals surface area contributed by atoms with Gasteiger partial charge in [-0.15, -0.1) is 0 Å². The van der Waals surface area contributed by atoms with E-state index in [0.717, 1.165) is 24.8 Å². The Morgan fingerprint density at radius 3 is 2.80 bits per heavy atom. The Bertz CT molecular complexity index is 513. The number of likely N-dealkylation sites (N-methyl/N-ethyl adjacent to an activating group) is 1. The summed E-state index contributed by atoms with van der Waals surface area (Å²) in [5, 5.41) is 9.17. The van der Waals surface area contributed by atoms with Gasteiger partial charge in [-0.25, -0.2) is 0 Å². The Morgan fingerprint density at radius 2 is 2.10 bits per heavy atom. The monoisotopic (exact) mass is 272 g/mol. The fraction of sp³-hybridized carbons (Fsp3) is 0.688. The van der Waals surface area contributed by atoms with E-state index in [1.54, 1.807) is 0 Å². The molecule has 2 saturated heterocycles. The minimum Gasteiger partial charge on any atom is -0.339 e. The number of rotatable bonds is 3. The SMILES string of the molecule is CCn1cc(CN2[C@@H]3CC[C@H]2CN(C)CC3)cc1C#N. The zero-order valence-corrected chi connectivity index (χ0v) is 12.5. The van der Waals surface area contributed by atoms with Crippen LogP contribution in [0.15, 0.2) is 12.3 Å². The first-order valence-electron chi connectivity index (χ1n) is 7.74. The molecule has 20 heavy (non-hydrogen) atoms. The molecule has 0 unspecified atom stereocenters. The number of hydrogen-bond donors (Lipinski definition) is 0. The third kappa shape index (κ3) is 2.48. The van der Waals surface area contributed by atoms with Gasteiger partial charge in [0.15, 0.2) is 0 Å². The predicted molar refractivity (Wildman–Crippen MR) is 79.3 cm³/mol. The fourth-order valence-corrected chi connectivity index (χ4v) is 3.82. The third-order valence-electron chi connectivity index (χ3n) is 4.91. The molecule has 2 bridgehead atoms. The molecule has 2 aliphatic rings. The summed E-state index contributed by atoms with van der Waals surface area (Å²) in [4.78, 5) is 5.15. The van der Waals surface area contributed by atoms with E-state index >= 15 is 0 Å². The van der Waals surface area contributed by atoms with Gasteiger partial charge in [-0.3, -0.25) is 4.90 Å². The number of fused-ring (bicyclic) bond motifs is 2. The number of aryl methyl sites for hydroxylation is 1. The molecule has 3 rings (SSSR count). The van der Waals surface area contributed by atoms with Crippen LogP contribution in [-0.2, 0) is 13.1 Å². The van der Waals surface area contributed by atoms with Crippen LogP contribution in [-0.4, -0.2) is 46.6 Å². The minimum atomic E-state index is 0.697. The van der Waals surface area contributed by atoms with E-state index in [1.807, 2.05) is 0 Å². The van der Waals surface area contributed by atoms with Crippen LogP contribution in [0, 0.1) is 11.3 Å². The van der Waals surface area contributed by atoms with Crippen molar-refractivity contribution in [3.05, 3.63) is 23.5 Å². The number of nitriles is 1. The highest BCUT2D eigenvalue weighted by Crippen LogP contribution is 2.31. The van der Waals surface area contributed by atoms with Gasteiger partial charge in [0.1, 0.15) is 11.8 Å². The van der Waals surface area contributed by atoms with Gasteiger partial charge in [-0.1, -0.05) is 0 Å². The van der Waals surface area contributed by atoms with E-state index < -0.39 is 0 Å². The van der Waals surface area contributed by atoms with Crippen LogP contribution in [0.3, 0.4) is 0 Å². The quantitative estimate of drug-likeness (QED) is 0.845. The molecule has 2 fully saturated rings. The molecule has 3 heterocycles. The van der Waals surface area contributed by atoms with E-state index in [0.29, 0.717) is 6.04 Å². The summed E-state index contributed by atoms with van der Waals surface area (Å²) in [6.45, 7) is 6.38. The van der Waals surface area contributed by atoms with Gasteiger partial charge >= 0.3 is 0 Å². The summed E-state index contributed by atoms with van der Waals surface area (Å²) in [5.41, 5.74) is 2.09. The maximum atomic E-state index is 9.17. The van der Waals surface area contributed by atoms with Gasteiger partial charge in [-0.2, -0.15) is 5.26 Å². The molecular formula is C16H24N4. The standard InChI is InChI=1S/C16H24N4/c1-3-19-10-13(8-16(19)9-17)11-20-14-4-5-15(20)12-18(2)7-6-14/h8,10,14-15H,3-7,11-12H2,1-2H3/t14-,15+/m1/s1. The van der Waals surface area contributed by atoms with E-state index in [-0.39, 0.29) is 0 Å². The molecule has 0 N–H and O–H groups in total. The van der Waals surface area contributed by atoms with Crippen LogP contribution in [0.4, 0.5) is 0 Å². The second kappa shape index (κ2) is 5.59. The van der Waals surface area contributed by atoms with Crippen molar-refractivity contribution >= 4 is 0 Å². The highest BCUT2D eigenvalue weighted by Gasteiger charge is 2.36. The predicted octanol–water partition coefficient (Wildman–Crippen LogP) is 2.05. The molecule has 0 spiro atoms. The smallest absolute Gasteiger partial charge is 0.120 e. The Labute approximate surface area is 121 Å². The highest BCUT2D eigenvalue weighted by molar-refractivity contribution is 5.29. The Morgan fingerprint density at radius 1 is 1.30 bits per heavy atom. The molecule has 0 aromatic carbocycles. The Kier molecular flexibility index (Phi) is 3.82. The number of nitrogens with zero attached hydrogens (tertiary/aromatic N) is 4. The third-order valence-corrected chi connectivity index (χ3v) is 4.91. The molecule has 0 saturated carbocycles. The fourth-order valence-electron chi connectivity index (χ4n) is 3.82. The van der Waals surface area contributed by atoms with Gasteiger partial charge in [0.2, 0.25) is 0 Å². The maximum Gasteiger partial charge on any atom is 0.120 e. The van der Waals surface area contributed by atoms with E-state index in [2.05, 4.69) is 46.7 Å². The van der Waals surface area contributed by atoms with Gasteiger partial charge in [-0.05, 0) is 51.4 Å². The van der Waals surface area contributed by atoms with E-state index in [4.69, 9.17) is 0 Å². The highest BCUT2D eigenvalue weighted by atomic mass is 15.3. The topological polar surface area (TPSA) is 35.2 Å². The average molecular weight is 272 g/mol. The van der Waals surface area contributed by atoms with Crippen molar-refractivity contribution in [2.24, 2.45) is 0 Å². The number of likely N-dealkylation sites (tertiary alicyclic amines) is 1. The number of aromatic nitrogens is 1. The largest absolute Gasteiger partial charge is 0.339 e. The van der Waals surface area contributed by atoms with Crippen LogP contribution >= 0.6 is 0 Å². The van der Waals surface area contributed by atoms with Crippen molar-refractivity contribution in [1.82, 2.24) is 14.4 Å². The average Bonchev–Trinajstić information content (AvgIpc) is 2.96. The molecule has 108 valence electrons. The summed E-state index contributed by atoms with van der Waals surface area (Å²) in [5.74, 6) is 0. The van der Waals surface area contributed by atoms with Gasteiger partial charge in [0.25, 0.3) is 0 Å². The van der Waals surface area contributed by atoms with Crippen molar-refractivity contribution in [2.75, 3.05) is 20.1 Å². The number of hydrogen-bond acceptors (Lipinski definition) is 3. The first-order chi connectivity index (χ1) is 9.71. The molecule has 0 radical (unpaired) electrons. The lowest BCUT2D eigenvalue weighted by atomic mass is 10.1. The van der Waals surface area contributed by atoms with Crippen LogP contribution < -0.4 is 0 Å². The Balaban J connectivity index is 1.77. The molecule has 0 aliphatic carbocycles. The van der Waals surface area contributed by atoms with Gasteiger partial charge in [0, 0.05) is 37.9 Å². The summed E-state index contributed by atoms with van der Waals surface area (Å²) < 4.78 is 2.06. The maximum absolute atomic E-state index is 9.17. The van der Waals surface area contributed by atoms with Gasteiger partial charge < -0.3 is 9.47 Å². The normalized spacial score (nSPS) is 27.4. The summed E-state index contributed by atoms with van der Waals surface area (Å²) >= 11 is 0. The van der Waals surface area contributed by atoms with E-state index in [1.165, 1.54) is 37.9 Å². The second-order valence-electron chi connectivity index (χ2n) is 6.24. The van der Waals surface area contributed by atoms with Crippen molar-refractivity contribution < 1.29 is 0 Å². The lowest BCUT2D eigenvalue weighted by Gasteiger charge is -2.27. The first-order valence-corrected chi connectivity index (χ1v) is 7.74. The van der Waals surface area contributed by atoms with Crippen LogP contribution in [0.25, 0.3) is 0 Å². The lowest BCUT2D eigenvalue weighted by Crippen LogP contribution is -2.37.